The summed E-state index contributed by atoms with van der Waals surface area (Å²) in [6.07, 6.45) is 3.07. The first-order valence-electron chi connectivity index (χ1n) is 8.39. The van der Waals surface area contributed by atoms with Gasteiger partial charge < -0.3 is 8.83 Å². The summed E-state index contributed by atoms with van der Waals surface area (Å²) in [4.78, 5) is 28.1. The minimum atomic E-state index is -0.465. The molecule has 0 amide bonds. The molecule has 0 N–H and O–H groups in total. The molecule has 0 aliphatic carbocycles. The Morgan fingerprint density at radius 1 is 1.10 bits per heavy atom. The van der Waals surface area contributed by atoms with Crippen LogP contribution >= 0.6 is 11.3 Å². The van der Waals surface area contributed by atoms with Crippen molar-refractivity contribution in [2.45, 2.75) is 0 Å². The molecule has 0 atom stereocenters. The van der Waals surface area contributed by atoms with Crippen molar-refractivity contribution in [2.24, 2.45) is 0 Å². The molecule has 10 heteroatoms. The molecular weight excluding hydrogens is 396 g/mol. The third kappa shape index (κ3) is 2.91. The second-order valence-electron chi connectivity index (χ2n) is 6.00. The Kier molecular flexibility index (Phi) is 3.85. The minimum Gasteiger partial charge on any atom is -0.461 e. The number of hydrogen-bond donors (Lipinski definition) is 0. The molecule has 0 bridgehead atoms. The van der Waals surface area contributed by atoms with Gasteiger partial charge in [-0.25, -0.2) is 0 Å². The van der Waals surface area contributed by atoms with Crippen molar-refractivity contribution < 1.29 is 13.8 Å². The van der Waals surface area contributed by atoms with Gasteiger partial charge in [0, 0.05) is 12.1 Å². The first-order chi connectivity index (χ1) is 14.1. The second kappa shape index (κ2) is 6.53. The van der Waals surface area contributed by atoms with E-state index in [0.717, 1.165) is 11.3 Å². The molecule has 0 aliphatic heterocycles. The molecule has 5 rings (SSSR count). The van der Waals surface area contributed by atoms with E-state index in [0.29, 0.717) is 38.2 Å². The van der Waals surface area contributed by atoms with Gasteiger partial charge in [-0.05, 0) is 30.3 Å². The molecule has 29 heavy (non-hydrogen) atoms. The van der Waals surface area contributed by atoms with Crippen LogP contribution in [0.3, 0.4) is 0 Å². The molecule has 9 nitrogen and oxygen atoms in total. The Labute approximate surface area is 165 Å². The third-order valence-electron chi connectivity index (χ3n) is 4.19. The van der Waals surface area contributed by atoms with Gasteiger partial charge in [0.2, 0.25) is 10.8 Å². The minimum absolute atomic E-state index is 0.0536. The molecule has 4 aromatic heterocycles. The van der Waals surface area contributed by atoms with E-state index in [1.807, 2.05) is 0 Å². The van der Waals surface area contributed by atoms with Crippen LogP contribution in [0.5, 0.6) is 0 Å². The van der Waals surface area contributed by atoms with E-state index in [1.165, 1.54) is 16.8 Å². The van der Waals surface area contributed by atoms with Crippen molar-refractivity contribution in [1.82, 2.24) is 14.6 Å². The van der Waals surface area contributed by atoms with Gasteiger partial charge in [-0.15, -0.1) is 5.10 Å². The van der Waals surface area contributed by atoms with Crippen molar-refractivity contribution in [3.05, 3.63) is 85.6 Å². The first kappa shape index (κ1) is 17.1. The number of aromatic nitrogens is 3. The smallest absolute Gasteiger partial charge is 0.291 e. The van der Waals surface area contributed by atoms with Gasteiger partial charge in [-0.1, -0.05) is 23.5 Å². The van der Waals surface area contributed by atoms with Gasteiger partial charge in [0.15, 0.2) is 5.76 Å². The van der Waals surface area contributed by atoms with Gasteiger partial charge >= 0.3 is 0 Å². The zero-order valence-corrected chi connectivity index (χ0v) is 15.3. The molecular formula is C19H10N4O5S. The van der Waals surface area contributed by atoms with Gasteiger partial charge in [-0.3, -0.25) is 14.9 Å². The largest absolute Gasteiger partial charge is 0.461 e. The fourth-order valence-corrected chi connectivity index (χ4v) is 3.78. The SMILES string of the molecule is O=c1c(=Cc2ccc(-c3ccccc3[N+](=O)[O-])o2)sc2nc(-c3ccco3)nn12. The number of fused-ring (bicyclic) bond motifs is 1. The molecule has 0 unspecified atom stereocenters. The van der Waals surface area contributed by atoms with Crippen LogP contribution in [0.2, 0.25) is 0 Å². The maximum absolute atomic E-state index is 12.6. The Morgan fingerprint density at radius 2 is 1.97 bits per heavy atom. The number of para-hydroxylation sites is 1. The monoisotopic (exact) mass is 406 g/mol. The predicted octanol–water partition coefficient (Wildman–Crippen LogP) is 3.13. The van der Waals surface area contributed by atoms with Gasteiger partial charge in [0.25, 0.3) is 11.2 Å². The van der Waals surface area contributed by atoms with Crippen LogP contribution in [-0.2, 0) is 0 Å². The van der Waals surface area contributed by atoms with Crippen LogP contribution in [0, 0.1) is 10.1 Å². The molecule has 1 aromatic carbocycles. The van der Waals surface area contributed by atoms with Gasteiger partial charge in [0.1, 0.15) is 16.1 Å². The first-order valence-corrected chi connectivity index (χ1v) is 9.20. The average Bonchev–Trinajstić information content (AvgIpc) is 3.49. The summed E-state index contributed by atoms with van der Waals surface area (Å²) in [5, 5.41) is 15.4. The molecule has 0 aliphatic rings. The number of rotatable bonds is 4. The fourth-order valence-electron chi connectivity index (χ4n) is 2.89. The zero-order chi connectivity index (χ0) is 20.0. The van der Waals surface area contributed by atoms with Gasteiger partial charge in [0.05, 0.1) is 16.7 Å². The van der Waals surface area contributed by atoms with Crippen LogP contribution in [-0.4, -0.2) is 19.5 Å². The van der Waals surface area contributed by atoms with E-state index >= 15 is 0 Å². The summed E-state index contributed by atoms with van der Waals surface area (Å²) in [6.45, 7) is 0. The summed E-state index contributed by atoms with van der Waals surface area (Å²) in [7, 11) is 0. The van der Waals surface area contributed by atoms with Crippen LogP contribution in [0.4, 0.5) is 5.69 Å². The van der Waals surface area contributed by atoms with E-state index in [4.69, 9.17) is 8.83 Å². The zero-order valence-electron chi connectivity index (χ0n) is 14.5. The third-order valence-corrected chi connectivity index (χ3v) is 5.15. The van der Waals surface area contributed by atoms with E-state index in [-0.39, 0.29) is 11.2 Å². The standard InChI is InChI=1S/C19H10N4O5S/c24-18-16(29-19-20-17(21-22(18)19)15-6-3-9-27-15)10-11-7-8-14(28-11)12-4-1-2-5-13(12)23(25)26/h1-10H. The molecule has 0 saturated carbocycles. The van der Waals surface area contributed by atoms with Crippen molar-refractivity contribution in [2.75, 3.05) is 0 Å². The van der Waals surface area contributed by atoms with Gasteiger partial charge in [-0.2, -0.15) is 9.50 Å². The van der Waals surface area contributed by atoms with Crippen LogP contribution in [0.15, 0.2) is 68.4 Å². The van der Waals surface area contributed by atoms with Crippen molar-refractivity contribution in [1.29, 1.82) is 0 Å². The summed E-state index contributed by atoms with van der Waals surface area (Å²) in [5.74, 6) is 1.55. The molecule has 142 valence electrons. The fraction of sp³-hybridized carbons (Fsp3) is 0. The number of hydrogen-bond acceptors (Lipinski definition) is 8. The highest BCUT2D eigenvalue weighted by molar-refractivity contribution is 7.15. The van der Waals surface area contributed by atoms with E-state index in [9.17, 15) is 14.9 Å². The topological polar surface area (TPSA) is 117 Å². The molecule has 0 fully saturated rings. The lowest BCUT2D eigenvalue weighted by Gasteiger charge is -1.98. The lowest BCUT2D eigenvalue weighted by Crippen LogP contribution is -2.23. The maximum Gasteiger partial charge on any atom is 0.291 e. The van der Waals surface area contributed by atoms with E-state index in [1.54, 1.807) is 48.5 Å². The molecule has 4 heterocycles. The Bertz CT molecular complexity index is 1460. The molecule has 0 saturated heterocycles. The summed E-state index contributed by atoms with van der Waals surface area (Å²) in [6, 6.07) is 13.0. The number of nitrogens with zero attached hydrogens (tertiary/aromatic N) is 4. The summed E-state index contributed by atoms with van der Waals surface area (Å²) >= 11 is 1.16. The normalized spacial score (nSPS) is 12.1. The number of furan rings is 2. The highest BCUT2D eigenvalue weighted by Crippen LogP contribution is 2.31. The van der Waals surface area contributed by atoms with Crippen molar-refractivity contribution in [3.8, 4) is 22.9 Å². The number of nitro groups is 1. The molecule has 0 spiro atoms. The molecule has 5 aromatic rings. The van der Waals surface area contributed by atoms with Crippen molar-refractivity contribution >= 4 is 28.1 Å². The number of nitro benzene ring substituents is 1. The summed E-state index contributed by atoms with van der Waals surface area (Å²) in [5.41, 5.74) is -0.0219. The van der Waals surface area contributed by atoms with Crippen LogP contribution in [0.25, 0.3) is 33.9 Å². The Balaban J connectivity index is 1.54. The Morgan fingerprint density at radius 3 is 2.72 bits per heavy atom. The molecule has 0 radical (unpaired) electrons. The lowest BCUT2D eigenvalue weighted by molar-refractivity contribution is -0.384. The maximum atomic E-state index is 12.6. The quantitative estimate of drug-likeness (QED) is 0.332. The van der Waals surface area contributed by atoms with Crippen LogP contribution < -0.4 is 10.1 Å². The lowest BCUT2D eigenvalue weighted by atomic mass is 10.1. The second-order valence-corrected chi connectivity index (χ2v) is 7.01. The van der Waals surface area contributed by atoms with Crippen LogP contribution in [0.1, 0.15) is 5.76 Å². The predicted molar refractivity (Wildman–Crippen MR) is 104 cm³/mol. The highest BCUT2D eigenvalue weighted by atomic mass is 32.1. The van der Waals surface area contributed by atoms with Crippen molar-refractivity contribution in [3.63, 3.8) is 0 Å². The van der Waals surface area contributed by atoms with E-state index < -0.39 is 4.92 Å². The average molecular weight is 406 g/mol. The van der Waals surface area contributed by atoms with E-state index in [2.05, 4.69) is 10.1 Å². The number of thiazole rings is 1. The number of benzene rings is 1. The Hall–Kier alpha value is -4.05. The summed E-state index contributed by atoms with van der Waals surface area (Å²) < 4.78 is 12.6. The highest BCUT2D eigenvalue weighted by Gasteiger charge is 2.17.